The van der Waals surface area contributed by atoms with Gasteiger partial charge in [-0.25, -0.2) is 0 Å². The number of rotatable bonds is 5. The Hall–Kier alpha value is -1.55. The van der Waals surface area contributed by atoms with Gasteiger partial charge in [-0.1, -0.05) is 0 Å². The Morgan fingerprint density at radius 1 is 1.16 bits per heavy atom. The van der Waals surface area contributed by atoms with Crippen molar-refractivity contribution in [1.82, 2.24) is 5.32 Å². The molecule has 4 heteroatoms. The smallest absolute Gasteiger partial charge is 0.251 e. The van der Waals surface area contributed by atoms with Crippen molar-refractivity contribution in [2.24, 2.45) is 0 Å². The number of anilines is 1. The molecule has 1 rings (SSSR count). The zero-order valence-corrected chi connectivity index (χ0v) is 12.3. The zero-order chi connectivity index (χ0) is 14.6. The summed E-state index contributed by atoms with van der Waals surface area (Å²) in [6.07, 6.45) is 0. The van der Waals surface area contributed by atoms with Gasteiger partial charge in [0.25, 0.3) is 5.91 Å². The van der Waals surface area contributed by atoms with Crippen LogP contribution in [0.15, 0.2) is 24.3 Å². The van der Waals surface area contributed by atoms with Gasteiger partial charge in [0.05, 0.1) is 11.6 Å². The first-order valence-corrected chi connectivity index (χ1v) is 6.60. The summed E-state index contributed by atoms with van der Waals surface area (Å²) in [5, 5.41) is 15.9. The quantitative estimate of drug-likeness (QED) is 0.765. The second-order valence-corrected chi connectivity index (χ2v) is 5.73. The molecule has 1 atom stereocenters. The summed E-state index contributed by atoms with van der Waals surface area (Å²) < 4.78 is 0. The lowest BCUT2D eigenvalue weighted by Crippen LogP contribution is -2.39. The molecule has 1 aromatic carbocycles. The molecule has 0 aliphatic carbocycles. The maximum absolute atomic E-state index is 11.8. The first-order chi connectivity index (χ1) is 8.70. The molecule has 0 saturated carbocycles. The van der Waals surface area contributed by atoms with Crippen LogP contribution in [0, 0.1) is 0 Å². The van der Waals surface area contributed by atoms with Gasteiger partial charge in [0.1, 0.15) is 0 Å². The molecule has 0 radical (unpaired) electrons. The number of hydrogen-bond donors (Lipinski definition) is 3. The van der Waals surface area contributed by atoms with Gasteiger partial charge in [0, 0.05) is 17.3 Å². The molecule has 3 N–H and O–H groups in total. The molecule has 0 fully saturated rings. The molecule has 0 saturated heterocycles. The van der Waals surface area contributed by atoms with Crippen LogP contribution in [-0.2, 0) is 0 Å². The Balaban J connectivity index is 2.69. The van der Waals surface area contributed by atoms with Crippen LogP contribution in [0.2, 0.25) is 0 Å². The van der Waals surface area contributed by atoms with Crippen LogP contribution in [0.5, 0.6) is 0 Å². The molecule has 0 aromatic heterocycles. The molecule has 0 heterocycles. The van der Waals surface area contributed by atoms with Gasteiger partial charge in [-0.15, -0.1) is 0 Å². The predicted molar refractivity (Wildman–Crippen MR) is 78.4 cm³/mol. The van der Waals surface area contributed by atoms with E-state index in [0.717, 1.165) is 5.69 Å². The zero-order valence-electron chi connectivity index (χ0n) is 12.3. The Morgan fingerprint density at radius 3 is 2.11 bits per heavy atom. The van der Waals surface area contributed by atoms with E-state index in [-0.39, 0.29) is 18.0 Å². The highest BCUT2D eigenvalue weighted by Gasteiger charge is 2.21. The van der Waals surface area contributed by atoms with Crippen molar-refractivity contribution in [3.05, 3.63) is 29.8 Å². The third-order valence-corrected chi connectivity index (χ3v) is 3.01. The molecular formula is C15H24N2O2. The van der Waals surface area contributed by atoms with Crippen molar-refractivity contribution in [3.63, 3.8) is 0 Å². The number of benzene rings is 1. The topological polar surface area (TPSA) is 61.4 Å². The summed E-state index contributed by atoms with van der Waals surface area (Å²) in [4.78, 5) is 11.8. The van der Waals surface area contributed by atoms with Crippen LogP contribution in [0.25, 0.3) is 0 Å². The van der Waals surface area contributed by atoms with Gasteiger partial charge >= 0.3 is 0 Å². The molecule has 1 unspecified atom stereocenters. The van der Waals surface area contributed by atoms with Crippen molar-refractivity contribution >= 4 is 11.6 Å². The minimum Gasteiger partial charge on any atom is -0.388 e. The Labute approximate surface area is 115 Å². The summed E-state index contributed by atoms with van der Waals surface area (Å²) in [6.45, 7) is 9.29. The van der Waals surface area contributed by atoms with E-state index >= 15 is 0 Å². The van der Waals surface area contributed by atoms with E-state index in [1.165, 1.54) is 0 Å². The number of nitrogens with one attached hydrogen (secondary N) is 2. The molecule has 0 aliphatic rings. The van der Waals surface area contributed by atoms with Crippen LogP contribution in [0.1, 0.15) is 45.0 Å². The summed E-state index contributed by atoms with van der Waals surface area (Å²) in [6, 6.07) is 7.28. The fourth-order valence-electron chi connectivity index (χ4n) is 1.49. The fraction of sp³-hybridized carbons (Fsp3) is 0.533. The highest BCUT2D eigenvalue weighted by atomic mass is 16.3. The van der Waals surface area contributed by atoms with E-state index in [4.69, 9.17) is 0 Å². The highest BCUT2D eigenvalue weighted by Crippen LogP contribution is 2.16. The second-order valence-electron chi connectivity index (χ2n) is 5.73. The molecule has 0 bridgehead atoms. The maximum Gasteiger partial charge on any atom is 0.251 e. The summed E-state index contributed by atoms with van der Waals surface area (Å²) in [5.41, 5.74) is 0.721. The van der Waals surface area contributed by atoms with E-state index in [0.29, 0.717) is 5.56 Å². The number of aliphatic hydroxyl groups is 1. The molecule has 0 aliphatic heterocycles. The third kappa shape index (κ3) is 4.91. The monoisotopic (exact) mass is 264 g/mol. The lowest BCUT2D eigenvalue weighted by molar-refractivity contribution is 0.0649. The standard InChI is InChI=1S/C15H24N2O2/c1-10(2)16-14(18)12-6-8-13(9-7-12)17-11(3)15(4,5)19/h6-11,17,19H,1-5H3,(H,16,18). The van der Waals surface area contributed by atoms with Crippen LogP contribution in [-0.4, -0.2) is 28.7 Å². The van der Waals surface area contributed by atoms with E-state index in [1.54, 1.807) is 26.0 Å². The van der Waals surface area contributed by atoms with Gasteiger partial charge in [-0.05, 0) is 58.9 Å². The van der Waals surface area contributed by atoms with Crippen molar-refractivity contribution in [1.29, 1.82) is 0 Å². The van der Waals surface area contributed by atoms with Crippen molar-refractivity contribution in [3.8, 4) is 0 Å². The summed E-state index contributed by atoms with van der Waals surface area (Å²) in [5.74, 6) is -0.0721. The number of amides is 1. The van der Waals surface area contributed by atoms with E-state index in [1.807, 2.05) is 32.9 Å². The van der Waals surface area contributed by atoms with Crippen molar-refractivity contribution in [2.45, 2.75) is 52.3 Å². The molecule has 0 spiro atoms. The molecule has 106 valence electrons. The van der Waals surface area contributed by atoms with Gasteiger partial charge in [0.15, 0.2) is 0 Å². The van der Waals surface area contributed by atoms with Crippen LogP contribution in [0.4, 0.5) is 5.69 Å². The minimum atomic E-state index is -0.798. The molecule has 4 nitrogen and oxygen atoms in total. The van der Waals surface area contributed by atoms with E-state index in [2.05, 4.69) is 10.6 Å². The Morgan fingerprint density at radius 2 is 1.68 bits per heavy atom. The molecular weight excluding hydrogens is 240 g/mol. The van der Waals surface area contributed by atoms with E-state index in [9.17, 15) is 9.90 Å². The summed E-state index contributed by atoms with van der Waals surface area (Å²) in [7, 11) is 0. The third-order valence-electron chi connectivity index (χ3n) is 3.01. The molecule has 19 heavy (non-hydrogen) atoms. The number of carbonyl (C=O) groups excluding carboxylic acids is 1. The van der Waals surface area contributed by atoms with Gasteiger partial charge in [-0.2, -0.15) is 0 Å². The average molecular weight is 264 g/mol. The number of carbonyl (C=O) groups is 1. The first-order valence-electron chi connectivity index (χ1n) is 6.60. The SMILES string of the molecule is CC(C)NC(=O)c1ccc(NC(C)C(C)(C)O)cc1. The Bertz CT molecular complexity index is 419. The van der Waals surface area contributed by atoms with Crippen molar-refractivity contribution < 1.29 is 9.90 Å². The van der Waals surface area contributed by atoms with Crippen LogP contribution in [0.3, 0.4) is 0 Å². The normalized spacial score (nSPS) is 13.2. The second kappa shape index (κ2) is 6.06. The lowest BCUT2D eigenvalue weighted by Gasteiger charge is -2.27. The minimum absolute atomic E-state index is 0.0721. The van der Waals surface area contributed by atoms with Gasteiger partial charge in [0.2, 0.25) is 0 Å². The molecule has 1 aromatic rings. The summed E-state index contributed by atoms with van der Waals surface area (Å²) >= 11 is 0. The average Bonchev–Trinajstić information content (AvgIpc) is 2.27. The fourth-order valence-corrected chi connectivity index (χ4v) is 1.49. The Kier molecular flexibility index (Phi) is 4.95. The maximum atomic E-state index is 11.8. The van der Waals surface area contributed by atoms with Crippen LogP contribution < -0.4 is 10.6 Å². The number of hydrogen-bond acceptors (Lipinski definition) is 3. The van der Waals surface area contributed by atoms with Gasteiger partial charge < -0.3 is 15.7 Å². The van der Waals surface area contributed by atoms with E-state index < -0.39 is 5.60 Å². The molecule has 1 amide bonds. The van der Waals surface area contributed by atoms with Crippen LogP contribution >= 0.6 is 0 Å². The van der Waals surface area contributed by atoms with Crippen molar-refractivity contribution in [2.75, 3.05) is 5.32 Å². The van der Waals surface area contributed by atoms with Gasteiger partial charge in [-0.3, -0.25) is 4.79 Å². The predicted octanol–water partition coefficient (Wildman–Crippen LogP) is 2.40. The largest absolute Gasteiger partial charge is 0.388 e. The highest BCUT2D eigenvalue weighted by molar-refractivity contribution is 5.94. The first kappa shape index (κ1) is 15.5. The lowest BCUT2D eigenvalue weighted by atomic mass is 10.0.